The molecule has 1 aromatic rings. The minimum absolute atomic E-state index is 0.236. The van der Waals surface area contributed by atoms with Gasteiger partial charge in [0.15, 0.2) is 6.10 Å². The molecule has 2 N–H and O–H groups in total. The van der Waals surface area contributed by atoms with Gasteiger partial charge in [-0.2, -0.15) is 0 Å². The first-order valence-electron chi connectivity index (χ1n) is 6.95. The van der Waals surface area contributed by atoms with Crippen molar-refractivity contribution in [3.63, 3.8) is 0 Å². The van der Waals surface area contributed by atoms with Crippen LogP contribution in [-0.2, 0) is 16.1 Å². The second-order valence-corrected chi connectivity index (χ2v) is 4.70. The van der Waals surface area contributed by atoms with E-state index in [1.165, 1.54) is 12.1 Å². The van der Waals surface area contributed by atoms with Gasteiger partial charge in [-0.05, 0) is 24.1 Å². The summed E-state index contributed by atoms with van der Waals surface area (Å²) in [5.41, 5.74) is 0.696. The first-order valence-corrected chi connectivity index (χ1v) is 6.95. The van der Waals surface area contributed by atoms with Crippen molar-refractivity contribution in [1.29, 1.82) is 0 Å². The van der Waals surface area contributed by atoms with E-state index in [0.29, 0.717) is 38.1 Å². The van der Waals surface area contributed by atoms with Gasteiger partial charge in [-0.3, -0.25) is 0 Å². The number of carboxylic acid groups (broad SMARTS) is 1. The molecule has 0 spiro atoms. The molecule has 0 saturated carbocycles. The van der Waals surface area contributed by atoms with Gasteiger partial charge < -0.3 is 19.9 Å². The summed E-state index contributed by atoms with van der Waals surface area (Å²) in [5.74, 6) is -1.25. The van der Waals surface area contributed by atoms with Crippen LogP contribution in [-0.4, -0.2) is 37.4 Å². The van der Waals surface area contributed by atoms with E-state index in [-0.39, 0.29) is 5.75 Å². The third-order valence-electron chi connectivity index (χ3n) is 2.85. The van der Waals surface area contributed by atoms with E-state index in [1.807, 2.05) is 6.92 Å². The standard InChI is InChI=1S/C15H22FNO4/c1-3-4-14(15(18)19)21-13-8-11(7-12(16)9-13)10-17-5-6-20-2/h7-9,14,17H,3-6,10H2,1-2H3,(H,18,19). The molecule has 1 unspecified atom stereocenters. The largest absolute Gasteiger partial charge is 0.479 e. The molecule has 5 nitrogen and oxygen atoms in total. The van der Waals surface area contributed by atoms with E-state index in [1.54, 1.807) is 13.2 Å². The number of halogens is 1. The van der Waals surface area contributed by atoms with Crippen LogP contribution in [0.25, 0.3) is 0 Å². The van der Waals surface area contributed by atoms with Crippen LogP contribution in [0.1, 0.15) is 25.3 Å². The van der Waals surface area contributed by atoms with Crippen molar-refractivity contribution in [3.05, 3.63) is 29.6 Å². The van der Waals surface area contributed by atoms with Crippen molar-refractivity contribution < 1.29 is 23.8 Å². The lowest BCUT2D eigenvalue weighted by molar-refractivity contribution is -0.145. The highest BCUT2D eigenvalue weighted by atomic mass is 19.1. The van der Waals surface area contributed by atoms with Crippen LogP contribution in [0.15, 0.2) is 18.2 Å². The van der Waals surface area contributed by atoms with Crippen LogP contribution >= 0.6 is 0 Å². The van der Waals surface area contributed by atoms with Gasteiger partial charge in [0.2, 0.25) is 0 Å². The van der Waals surface area contributed by atoms with Crippen molar-refractivity contribution in [3.8, 4) is 5.75 Å². The van der Waals surface area contributed by atoms with Crippen LogP contribution in [0, 0.1) is 5.82 Å². The SMILES string of the molecule is CCCC(Oc1cc(F)cc(CNCCOC)c1)C(=O)O. The topological polar surface area (TPSA) is 67.8 Å². The van der Waals surface area contributed by atoms with Gasteiger partial charge in [0.25, 0.3) is 0 Å². The third-order valence-corrected chi connectivity index (χ3v) is 2.85. The van der Waals surface area contributed by atoms with Crippen LogP contribution in [0.2, 0.25) is 0 Å². The number of benzene rings is 1. The monoisotopic (exact) mass is 299 g/mol. The molecule has 0 radical (unpaired) electrons. The highest BCUT2D eigenvalue weighted by Crippen LogP contribution is 2.19. The Labute approximate surface area is 124 Å². The molecule has 0 bridgehead atoms. The second kappa shape index (κ2) is 9.31. The second-order valence-electron chi connectivity index (χ2n) is 4.70. The van der Waals surface area contributed by atoms with Crippen molar-refractivity contribution >= 4 is 5.97 Å². The molecular formula is C15H22FNO4. The summed E-state index contributed by atoms with van der Waals surface area (Å²) < 4.78 is 23.8. The molecule has 1 aromatic carbocycles. The molecule has 0 amide bonds. The van der Waals surface area contributed by atoms with Gasteiger partial charge in [-0.25, -0.2) is 9.18 Å². The van der Waals surface area contributed by atoms with Gasteiger partial charge >= 0.3 is 5.97 Å². The predicted molar refractivity (Wildman–Crippen MR) is 76.9 cm³/mol. The quantitative estimate of drug-likeness (QED) is 0.648. The van der Waals surface area contributed by atoms with E-state index in [0.717, 1.165) is 0 Å². The fourth-order valence-electron chi connectivity index (χ4n) is 1.86. The molecule has 0 aliphatic heterocycles. The molecule has 118 valence electrons. The lowest BCUT2D eigenvalue weighted by Gasteiger charge is -2.15. The Morgan fingerprint density at radius 2 is 2.19 bits per heavy atom. The zero-order chi connectivity index (χ0) is 15.7. The maximum Gasteiger partial charge on any atom is 0.344 e. The summed E-state index contributed by atoms with van der Waals surface area (Å²) >= 11 is 0. The normalized spacial score (nSPS) is 12.1. The molecule has 6 heteroatoms. The van der Waals surface area contributed by atoms with E-state index in [4.69, 9.17) is 14.6 Å². The summed E-state index contributed by atoms with van der Waals surface area (Å²) in [4.78, 5) is 11.1. The van der Waals surface area contributed by atoms with Crippen molar-refractivity contribution in [2.24, 2.45) is 0 Å². The highest BCUT2D eigenvalue weighted by molar-refractivity contribution is 5.72. The van der Waals surface area contributed by atoms with Crippen molar-refractivity contribution in [1.82, 2.24) is 5.32 Å². The highest BCUT2D eigenvalue weighted by Gasteiger charge is 2.18. The molecule has 0 aliphatic rings. The summed E-state index contributed by atoms with van der Waals surface area (Å²) in [6, 6.07) is 4.24. The van der Waals surface area contributed by atoms with Gasteiger partial charge in [0.05, 0.1) is 6.61 Å². The molecule has 0 heterocycles. The zero-order valence-electron chi connectivity index (χ0n) is 12.4. The first kappa shape index (κ1) is 17.4. The Hall–Kier alpha value is -1.66. The zero-order valence-corrected chi connectivity index (χ0v) is 12.4. The number of hydrogen-bond acceptors (Lipinski definition) is 4. The van der Waals surface area contributed by atoms with E-state index in [9.17, 15) is 9.18 Å². The molecule has 1 atom stereocenters. The van der Waals surface area contributed by atoms with Gasteiger partial charge in [0.1, 0.15) is 11.6 Å². The Morgan fingerprint density at radius 1 is 1.43 bits per heavy atom. The minimum atomic E-state index is -1.04. The minimum Gasteiger partial charge on any atom is -0.479 e. The molecule has 0 fully saturated rings. The summed E-state index contributed by atoms with van der Waals surface area (Å²) in [7, 11) is 1.61. The van der Waals surface area contributed by atoms with Gasteiger partial charge in [0, 0.05) is 26.3 Å². The van der Waals surface area contributed by atoms with Crippen LogP contribution < -0.4 is 10.1 Å². The molecule has 0 aliphatic carbocycles. The van der Waals surface area contributed by atoms with Crippen LogP contribution in [0.4, 0.5) is 4.39 Å². The number of carbonyl (C=O) groups is 1. The Bertz CT molecular complexity index is 453. The van der Waals surface area contributed by atoms with E-state index in [2.05, 4.69) is 5.32 Å². The number of ether oxygens (including phenoxy) is 2. The summed E-state index contributed by atoms with van der Waals surface area (Å²) in [5, 5.41) is 12.2. The van der Waals surface area contributed by atoms with E-state index >= 15 is 0 Å². The van der Waals surface area contributed by atoms with Crippen molar-refractivity contribution in [2.75, 3.05) is 20.3 Å². The van der Waals surface area contributed by atoms with E-state index < -0.39 is 17.9 Å². The average Bonchev–Trinajstić information content (AvgIpc) is 2.42. The number of nitrogens with one attached hydrogen (secondary N) is 1. The predicted octanol–water partition coefficient (Wildman–Crippen LogP) is 2.19. The third kappa shape index (κ3) is 6.55. The number of aliphatic carboxylic acids is 1. The smallest absolute Gasteiger partial charge is 0.344 e. The molecule has 1 rings (SSSR count). The van der Waals surface area contributed by atoms with Gasteiger partial charge in [-0.15, -0.1) is 0 Å². The fourth-order valence-corrected chi connectivity index (χ4v) is 1.86. The summed E-state index contributed by atoms with van der Waals surface area (Å²) in [6.07, 6.45) is 0.108. The van der Waals surface area contributed by atoms with Crippen molar-refractivity contribution in [2.45, 2.75) is 32.4 Å². The average molecular weight is 299 g/mol. The summed E-state index contributed by atoms with van der Waals surface area (Å²) in [6.45, 7) is 3.55. The Morgan fingerprint density at radius 3 is 2.81 bits per heavy atom. The van der Waals surface area contributed by atoms with Crippen LogP contribution in [0.3, 0.4) is 0 Å². The maximum absolute atomic E-state index is 13.6. The lowest BCUT2D eigenvalue weighted by atomic mass is 10.2. The number of rotatable bonds is 10. The number of methoxy groups -OCH3 is 1. The molecular weight excluding hydrogens is 277 g/mol. The fraction of sp³-hybridized carbons (Fsp3) is 0.533. The number of hydrogen-bond donors (Lipinski definition) is 2. The lowest BCUT2D eigenvalue weighted by Crippen LogP contribution is -2.26. The first-order chi connectivity index (χ1) is 10.1. The molecule has 21 heavy (non-hydrogen) atoms. The maximum atomic E-state index is 13.6. The van der Waals surface area contributed by atoms with Crippen LogP contribution in [0.5, 0.6) is 5.75 Å². The van der Waals surface area contributed by atoms with Gasteiger partial charge in [-0.1, -0.05) is 13.3 Å². The molecule has 0 aromatic heterocycles. The Balaban J connectivity index is 2.69. The molecule has 0 saturated heterocycles. The Kier molecular flexibility index (Phi) is 7.71. The number of carboxylic acids is 1.